The second-order valence-corrected chi connectivity index (χ2v) is 5.75. The van der Waals surface area contributed by atoms with Gasteiger partial charge in [-0.1, -0.05) is 36.4 Å². The van der Waals surface area contributed by atoms with Crippen molar-refractivity contribution in [3.8, 4) is 5.75 Å². The van der Waals surface area contributed by atoms with E-state index in [4.69, 9.17) is 10.5 Å². The molecular weight excluding hydrogens is 265 g/mol. The summed E-state index contributed by atoms with van der Waals surface area (Å²) in [6, 6.07) is 13.7. The second kappa shape index (κ2) is 5.49. The lowest BCUT2D eigenvalue weighted by atomic mass is 9.76. The maximum Gasteiger partial charge on any atom is 0.168 e. The van der Waals surface area contributed by atoms with Gasteiger partial charge in [-0.25, -0.2) is 4.39 Å². The normalized spacial score (nSPS) is 20.3. The molecule has 110 valence electrons. The number of hydrogen-bond donors (Lipinski definition) is 1. The van der Waals surface area contributed by atoms with Crippen LogP contribution in [0.5, 0.6) is 5.75 Å². The first-order valence-electron chi connectivity index (χ1n) is 7.30. The Morgan fingerprint density at radius 3 is 2.76 bits per heavy atom. The van der Waals surface area contributed by atoms with Gasteiger partial charge in [-0.3, -0.25) is 0 Å². The molecule has 0 saturated carbocycles. The van der Waals surface area contributed by atoms with Crippen molar-refractivity contribution in [1.82, 2.24) is 0 Å². The van der Waals surface area contributed by atoms with Crippen LogP contribution in [0.3, 0.4) is 0 Å². The molecule has 0 spiro atoms. The van der Waals surface area contributed by atoms with Crippen molar-refractivity contribution < 1.29 is 9.13 Å². The Morgan fingerprint density at radius 1 is 1.19 bits per heavy atom. The van der Waals surface area contributed by atoms with Gasteiger partial charge in [-0.05, 0) is 42.0 Å². The van der Waals surface area contributed by atoms with Gasteiger partial charge >= 0.3 is 0 Å². The number of benzene rings is 2. The van der Waals surface area contributed by atoms with Crippen LogP contribution in [0.2, 0.25) is 0 Å². The van der Waals surface area contributed by atoms with E-state index in [1.807, 2.05) is 18.2 Å². The summed E-state index contributed by atoms with van der Waals surface area (Å²) >= 11 is 0. The largest absolute Gasteiger partial charge is 0.494 e. The van der Waals surface area contributed by atoms with Gasteiger partial charge in [0.2, 0.25) is 0 Å². The summed E-state index contributed by atoms with van der Waals surface area (Å²) in [6.07, 6.45) is 2.60. The molecule has 2 aromatic carbocycles. The third kappa shape index (κ3) is 2.32. The Hall–Kier alpha value is -1.87. The third-order valence-electron chi connectivity index (χ3n) is 4.64. The zero-order chi connectivity index (χ0) is 14.9. The molecule has 0 fully saturated rings. The number of ether oxygens (including phenoxy) is 1. The summed E-state index contributed by atoms with van der Waals surface area (Å²) in [4.78, 5) is 0. The Kier molecular flexibility index (Phi) is 3.68. The molecule has 0 radical (unpaired) electrons. The SMILES string of the molecule is COc1cccc(CC2(CN)CCc3ccccc32)c1F. The van der Waals surface area contributed by atoms with Gasteiger partial charge in [0.1, 0.15) is 0 Å². The fourth-order valence-corrected chi connectivity index (χ4v) is 3.45. The van der Waals surface area contributed by atoms with Gasteiger partial charge in [-0.2, -0.15) is 0 Å². The van der Waals surface area contributed by atoms with Crippen LogP contribution in [0.4, 0.5) is 4.39 Å². The molecule has 21 heavy (non-hydrogen) atoms. The lowest BCUT2D eigenvalue weighted by molar-refractivity contribution is 0.376. The summed E-state index contributed by atoms with van der Waals surface area (Å²) in [7, 11) is 1.49. The predicted octanol–water partition coefficient (Wildman–Crippen LogP) is 3.22. The van der Waals surface area contributed by atoms with Crippen molar-refractivity contribution in [3.63, 3.8) is 0 Å². The van der Waals surface area contributed by atoms with E-state index < -0.39 is 0 Å². The first kappa shape index (κ1) is 14.1. The zero-order valence-corrected chi connectivity index (χ0v) is 12.2. The summed E-state index contributed by atoms with van der Waals surface area (Å²) < 4.78 is 19.5. The van der Waals surface area contributed by atoms with Crippen LogP contribution in [-0.2, 0) is 18.3 Å². The quantitative estimate of drug-likeness (QED) is 0.936. The molecule has 1 atom stereocenters. The van der Waals surface area contributed by atoms with E-state index in [2.05, 4.69) is 18.2 Å². The van der Waals surface area contributed by atoms with Crippen LogP contribution in [0.1, 0.15) is 23.1 Å². The van der Waals surface area contributed by atoms with Crippen molar-refractivity contribution >= 4 is 0 Å². The molecule has 0 aliphatic heterocycles. The molecular formula is C18H20FNO. The fraction of sp³-hybridized carbons (Fsp3) is 0.333. The van der Waals surface area contributed by atoms with Crippen molar-refractivity contribution in [2.45, 2.75) is 24.7 Å². The van der Waals surface area contributed by atoms with E-state index in [1.165, 1.54) is 18.2 Å². The molecule has 2 nitrogen and oxygen atoms in total. The molecule has 0 aromatic heterocycles. The number of rotatable bonds is 4. The van der Waals surface area contributed by atoms with Gasteiger partial charge in [0, 0.05) is 12.0 Å². The fourth-order valence-electron chi connectivity index (χ4n) is 3.45. The van der Waals surface area contributed by atoms with Crippen molar-refractivity contribution in [2.75, 3.05) is 13.7 Å². The van der Waals surface area contributed by atoms with Gasteiger partial charge < -0.3 is 10.5 Å². The van der Waals surface area contributed by atoms with E-state index in [-0.39, 0.29) is 11.2 Å². The van der Waals surface area contributed by atoms with Crippen LogP contribution in [0.25, 0.3) is 0 Å². The van der Waals surface area contributed by atoms with E-state index in [0.717, 1.165) is 12.8 Å². The molecule has 3 heteroatoms. The highest BCUT2D eigenvalue weighted by molar-refractivity contribution is 5.42. The number of hydrogen-bond acceptors (Lipinski definition) is 2. The summed E-state index contributed by atoms with van der Waals surface area (Å²) in [5.41, 5.74) is 9.22. The summed E-state index contributed by atoms with van der Waals surface area (Å²) in [6.45, 7) is 0.528. The lowest BCUT2D eigenvalue weighted by Crippen LogP contribution is -2.35. The van der Waals surface area contributed by atoms with Crippen molar-refractivity contribution in [3.05, 3.63) is 65.0 Å². The average Bonchev–Trinajstić information content (AvgIpc) is 2.89. The summed E-state index contributed by atoms with van der Waals surface area (Å²) in [5.74, 6) is 0.0307. The highest BCUT2D eigenvalue weighted by Crippen LogP contribution is 2.41. The maximum absolute atomic E-state index is 14.4. The lowest BCUT2D eigenvalue weighted by Gasteiger charge is -2.29. The minimum absolute atomic E-state index is 0.163. The van der Waals surface area contributed by atoms with E-state index in [1.54, 1.807) is 6.07 Å². The number of methoxy groups -OCH3 is 1. The average molecular weight is 285 g/mol. The van der Waals surface area contributed by atoms with Crippen LogP contribution in [-0.4, -0.2) is 13.7 Å². The van der Waals surface area contributed by atoms with Crippen LogP contribution in [0.15, 0.2) is 42.5 Å². The van der Waals surface area contributed by atoms with Crippen molar-refractivity contribution in [1.29, 1.82) is 0 Å². The van der Waals surface area contributed by atoms with Crippen molar-refractivity contribution in [2.24, 2.45) is 5.73 Å². The number of nitrogens with two attached hydrogens (primary N) is 1. The highest BCUT2D eigenvalue weighted by Gasteiger charge is 2.38. The van der Waals surface area contributed by atoms with Gasteiger partial charge in [0.05, 0.1) is 7.11 Å². The Labute approximate surface area is 124 Å². The van der Waals surface area contributed by atoms with Gasteiger partial charge in [-0.15, -0.1) is 0 Å². The first-order valence-corrected chi connectivity index (χ1v) is 7.30. The molecule has 3 rings (SSSR count). The second-order valence-electron chi connectivity index (χ2n) is 5.75. The monoisotopic (exact) mass is 285 g/mol. The molecule has 1 aliphatic carbocycles. The molecule has 0 saturated heterocycles. The number of aryl methyl sites for hydroxylation is 1. The van der Waals surface area contributed by atoms with Crippen LogP contribution < -0.4 is 10.5 Å². The van der Waals surface area contributed by atoms with Crippen LogP contribution >= 0.6 is 0 Å². The molecule has 0 heterocycles. The summed E-state index contributed by atoms with van der Waals surface area (Å²) in [5, 5.41) is 0. The van der Waals surface area contributed by atoms with E-state index >= 15 is 0 Å². The minimum Gasteiger partial charge on any atom is -0.494 e. The topological polar surface area (TPSA) is 35.2 Å². The Bertz CT molecular complexity index is 655. The maximum atomic E-state index is 14.4. The Morgan fingerprint density at radius 2 is 2.00 bits per heavy atom. The standard InChI is InChI=1S/C18H20FNO/c1-21-16-8-4-6-14(17(16)19)11-18(12-20)10-9-13-5-2-3-7-15(13)18/h2-8H,9-12,20H2,1H3. The van der Waals surface area contributed by atoms with Crippen LogP contribution in [0, 0.1) is 5.82 Å². The minimum atomic E-state index is -0.266. The van der Waals surface area contributed by atoms with E-state index in [9.17, 15) is 4.39 Å². The van der Waals surface area contributed by atoms with E-state index in [0.29, 0.717) is 24.3 Å². The number of halogens is 1. The van der Waals surface area contributed by atoms with Gasteiger partial charge in [0.25, 0.3) is 0 Å². The molecule has 2 aromatic rings. The molecule has 0 amide bonds. The smallest absolute Gasteiger partial charge is 0.168 e. The molecule has 0 bridgehead atoms. The molecule has 2 N–H and O–H groups in total. The Balaban J connectivity index is 2.00. The molecule has 1 unspecified atom stereocenters. The zero-order valence-electron chi connectivity index (χ0n) is 12.2. The predicted molar refractivity (Wildman–Crippen MR) is 82.2 cm³/mol. The number of fused-ring (bicyclic) bond motifs is 1. The van der Waals surface area contributed by atoms with Gasteiger partial charge in [0.15, 0.2) is 11.6 Å². The first-order chi connectivity index (χ1) is 10.2. The highest BCUT2D eigenvalue weighted by atomic mass is 19.1. The third-order valence-corrected chi connectivity index (χ3v) is 4.64. The molecule has 1 aliphatic rings.